The van der Waals surface area contributed by atoms with Crippen LogP contribution in [0.5, 0.6) is 5.75 Å². The normalized spacial score (nSPS) is 10.7. The van der Waals surface area contributed by atoms with E-state index in [1.54, 1.807) is 25.3 Å². The molecule has 0 atom stereocenters. The molecule has 0 aliphatic carbocycles. The van der Waals surface area contributed by atoms with Crippen molar-refractivity contribution < 1.29 is 19.1 Å². The summed E-state index contributed by atoms with van der Waals surface area (Å²) in [6.45, 7) is -0.402. The van der Waals surface area contributed by atoms with Crippen molar-refractivity contribution in [3.63, 3.8) is 0 Å². The number of methoxy groups -OCH3 is 1. The number of thiazole rings is 1. The Balaban J connectivity index is 1.51. The van der Waals surface area contributed by atoms with Gasteiger partial charge >= 0.3 is 5.97 Å². The Bertz CT molecular complexity index is 1050. The molecule has 148 valence electrons. The van der Waals surface area contributed by atoms with E-state index in [0.717, 1.165) is 21.3 Å². The van der Waals surface area contributed by atoms with Crippen molar-refractivity contribution in [3.8, 4) is 17.0 Å². The first kappa shape index (κ1) is 20.8. The number of aromatic nitrogens is 1. The van der Waals surface area contributed by atoms with E-state index in [4.69, 9.17) is 9.47 Å². The van der Waals surface area contributed by atoms with Gasteiger partial charge in [-0.25, -0.2) is 9.78 Å². The van der Waals surface area contributed by atoms with Gasteiger partial charge in [-0.05, 0) is 24.3 Å². The maximum atomic E-state index is 12.0. The maximum absolute atomic E-state index is 12.0. The Morgan fingerprint density at radius 1 is 1.21 bits per heavy atom. The smallest absolute Gasteiger partial charge is 0.331 e. The van der Waals surface area contributed by atoms with Crippen molar-refractivity contribution in [2.75, 3.05) is 19.0 Å². The van der Waals surface area contributed by atoms with Gasteiger partial charge in [0, 0.05) is 27.1 Å². The summed E-state index contributed by atoms with van der Waals surface area (Å²) >= 11 is 4.72. The summed E-state index contributed by atoms with van der Waals surface area (Å²) in [6.07, 6.45) is 2.82. The molecule has 0 aliphatic rings. The fourth-order valence-electron chi connectivity index (χ4n) is 2.41. The van der Waals surface area contributed by atoms with Gasteiger partial charge in [-0.3, -0.25) is 10.1 Å². The van der Waals surface area contributed by atoms with E-state index in [9.17, 15) is 9.59 Å². The molecular weight excluding hydrogens is 456 g/mol. The predicted octanol–water partition coefficient (Wildman–Crippen LogP) is 4.78. The highest BCUT2D eigenvalue weighted by Gasteiger charge is 2.10. The Morgan fingerprint density at radius 2 is 2.03 bits per heavy atom. The van der Waals surface area contributed by atoms with Crippen LogP contribution in [0.4, 0.5) is 5.13 Å². The molecule has 0 fully saturated rings. The number of esters is 1. The fraction of sp³-hybridized carbons (Fsp3) is 0.0952. The second-order valence-corrected chi connectivity index (χ2v) is 7.55. The summed E-state index contributed by atoms with van der Waals surface area (Å²) in [5.74, 6) is -0.446. The fourth-order valence-corrected chi connectivity index (χ4v) is 3.55. The highest BCUT2D eigenvalue weighted by atomic mass is 79.9. The first-order valence-corrected chi connectivity index (χ1v) is 10.2. The number of carbonyl (C=O) groups is 2. The lowest BCUT2D eigenvalue weighted by atomic mass is 10.2. The molecule has 0 aliphatic heterocycles. The Labute approximate surface area is 180 Å². The molecule has 6 nitrogen and oxygen atoms in total. The third kappa shape index (κ3) is 6.00. The average Bonchev–Trinajstić information content (AvgIpc) is 3.19. The highest BCUT2D eigenvalue weighted by molar-refractivity contribution is 9.10. The molecule has 0 spiro atoms. The summed E-state index contributed by atoms with van der Waals surface area (Å²) in [5.41, 5.74) is 2.42. The van der Waals surface area contributed by atoms with E-state index < -0.39 is 18.5 Å². The summed E-state index contributed by atoms with van der Waals surface area (Å²) in [5, 5.41) is 4.91. The zero-order valence-corrected chi connectivity index (χ0v) is 17.8. The molecule has 1 N–H and O–H groups in total. The third-order valence-electron chi connectivity index (χ3n) is 3.75. The van der Waals surface area contributed by atoms with E-state index in [1.807, 2.05) is 41.8 Å². The van der Waals surface area contributed by atoms with Gasteiger partial charge < -0.3 is 9.47 Å². The number of carbonyl (C=O) groups excluding carboxylic acids is 2. The van der Waals surface area contributed by atoms with Crippen LogP contribution in [0, 0.1) is 0 Å². The summed E-state index contributed by atoms with van der Waals surface area (Å²) in [6, 6.07) is 15.0. The number of rotatable bonds is 7. The van der Waals surface area contributed by atoms with Crippen molar-refractivity contribution in [2.24, 2.45) is 0 Å². The first-order valence-electron chi connectivity index (χ1n) is 8.54. The van der Waals surface area contributed by atoms with Gasteiger partial charge in [0.1, 0.15) is 5.75 Å². The zero-order valence-electron chi connectivity index (χ0n) is 15.4. The second kappa shape index (κ2) is 9.99. The Hall–Kier alpha value is -2.97. The van der Waals surface area contributed by atoms with Crippen molar-refractivity contribution in [1.29, 1.82) is 0 Å². The lowest BCUT2D eigenvalue weighted by molar-refractivity contribution is -0.142. The van der Waals surface area contributed by atoms with Crippen molar-refractivity contribution in [2.45, 2.75) is 0 Å². The quantitative estimate of drug-likeness (QED) is 0.395. The largest absolute Gasteiger partial charge is 0.496 e. The highest BCUT2D eigenvalue weighted by Crippen LogP contribution is 2.26. The molecule has 1 heterocycles. The molecule has 1 amide bonds. The van der Waals surface area contributed by atoms with Crippen LogP contribution in [0.25, 0.3) is 17.3 Å². The number of anilines is 1. The number of nitrogens with one attached hydrogen (secondary N) is 1. The molecule has 29 heavy (non-hydrogen) atoms. The van der Waals surface area contributed by atoms with Crippen LogP contribution in [0.2, 0.25) is 0 Å². The van der Waals surface area contributed by atoms with Gasteiger partial charge in [0.15, 0.2) is 11.7 Å². The van der Waals surface area contributed by atoms with Crippen molar-refractivity contribution in [1.82, 2.24) is 4.98 Å². The van der Waals surface area contributed by atoms with Crippen molar-refractivity contribution >= 4 is 50.4 Å². The van der Waals surface area contributed by atoms with Crippen LogP contribution in [0.15, 0.2) is 64.5 Å². The maximum Gasteiger partial charge on any atom is 0.331 e. The molecule has 8 heteroatoms. The van der Waals surface area contributed by atoms with Gasteiger partial charge in [-0.15, -0.1) is 11.3 Å². The van der Waals surface area contributed by atoms with Crippen LogP contribution in [0.1, 0.15) is 5.56 Å². The minimum atomic E-state index is -0.625. The number of hydrogen-bond acceptors (Lipinski definition) is 6. The van der Waals surface area contributed by atoms with E-state index in [0.29, 0.717) is 10.9 Å². The Kier molecular flexibility index (Phi) is 7.15. The number of nitrogens with zero attached hydrogens (tertiary/aromatic N) is 1. The van der Waals surface area contributed by atoms with Gasteiger partial charge in [0.25, 0.3) is 5.91 Å². The minimum absolute atomic E-state index is 0.402. The molecular formula is C21H17BrN2O4S. The predicted molar refractivity (Wildman–Crippen MR) is 117 cm³/mol. The molecule has 3 rings (SSSR count). The molecule has 1 aromatic heterocycles. The number of hydrogen-bond donors (Lipinski definition) is 1. The zero-order chi connectivity index (χ0) is 20.6. The summed E-state index contributed by atoms with van der Waals surface area (Å²) in [4.78, 5) is 28.2. The molecule has 3 aromatic rings. The van der Waals surface area contributed by atoms with E-state index in [2.05, 4.69) is 26.2 Å². The standard InChI is InChI=1S/C21H17BrN2O4S/c1-27-18-8-3-2-5-14(18)9-10-20(26)28-12-19(25)24-21-23-17(13-29-21)15-6-4-7-16(22)11-15/h2-11,13H,12H2,1H3,(H,23,24,25)/b10-9+. The minimum Gasteiger partial charge on any atom is -0.496 e. The Morgan fingerprint density at radius 3 is 2.83 bits per heavy atom. The number of amides is 1. The molecule has 2 aromatic carbocycles. The van der Waals surface area contributed by atoms with E-state index >= 15 is 0 Å². The van der Waals surface area contributed by atoms with Crippen LogP contribution in [0.3, 0.4) is 0 Å². The molecule has 0 unspecified atom stereocenters. The van der Waals surface area contributed by atoms with Crippen LogP contribution in [-0.2, 0) is 14.3 Å². The average molecular weight is 473 g/mol. The molecule has 0 radical (unpaired) electrons. The third-order valence-corrected chi connectivity index (χ3v) is 5.01. The van der Waals surface area contributed by atoms with Crippen LogP contribution in [-0.4, -0.2) is 30.6 Å². The number of ether oxygens (including phenoxy) is 2. The number of para-hydroxylation sites is 1. The monoisotopic (exact) mass is 472 g/mol. The lowest BCUT2D eigenvalue weighted by Crippen LogP contribution is -2.20. The SMILES string of the molecule is COc1ccccc1/C=C/C(=O)OCC(=O)Nc1nc(-c2cccc(Br)c2)cs1. The lowest BCUT2D eigenvalue weighted by Gasteiger charge is -2.04. The molecule has 0 saturated heterocycles. The molecule has 0 bridgehead atoms. The summed E-state index contributed by atoms with van der Waals surface area (Å²) < 4.78 is 11.1. The van der Waals surface area contributed by atoms with Gasteiger partial charge in [0.2, 0.25) is 0 Å². The van der Waals surface area contributed by atoms with E-state index in [1.165, 1.54) is 17.4 Å². The van der Waals surface area contributed by atoms with Crippen molar-refractivity contribution in [3.05, 3.63) is 70.0 Å². The van der Waals surface area contributed by atoms with Gasteiger partial charge in [0.05, 0.1) is 12.8 Å². The van der Waals surface area contributed by atoms with Gasteiger partial charge in [-0.2, -0.15) is 0 Å². The molecule has 0 saturated carbocycles. The summed E-state index contributed by atoms with van der Waals surface area (Å²) in [7, 11) is 1.55. The number of halogens is 1. The number of benzene rings is 2. The van der Waals surface area contributed by atoms with Crippen LogP contribution >= 0.6 is 27.3 Å². The van der Waals surface area contributed by atoms with Crippen LogP contribution < -0.4 is 10.1 Å². The second-order valence-electron chi connectivity index (χ2n) is 5.78. The first-order chi connectivity index (χ1) is 14.0. The topological polar surface area (TPSA) is 77.5 Å². The van der Waals surface area contributed by atoms with Gasteiger partial charge in [-0.1, -0.05) is 46.3 Å². The van der Waals surface area contributed by atoms with E-state index in [-0.39, 0.29) is 0 Å².